The molecule has 2 aromatic rings. The van der Waals surface area contributed by atoms with Gasteiger partial charge in [0.15, 0.2) is 5.78 Å². The SMILES string of the molecule is COc1ccc(Br)c(C(=O)Cc2ccccc2C)c1. The van der Waals surface area contributed by atoms with Crippen molar-refractivity contribution in [1.82, 2.24) is 0 Å². The number of halogens is 1. The molecule has 98 valence electrons. The number of methoxy groups -OCH3 is 1. The summed E-state index contributed by atoms with van der Waals surface area (Å²) >= 11 is 3.42. The predicted octanol–water partition coefficient (Wildman–Crippen LogP) is 4.19. The summed E-state index contributed by atoms with van der Waals surface area (Å²) in [6.07, 6.45) is 0.401. The van der Waals surface area contributed by atoms with E-state index in [1.54, 1.807) is 13.2 Å². The first kappa shape index (κ1) is 13.8. The highest BCUT2D eigenvalue weighted by atomic mass is 79.9. The Balaban J connectivity index is 2.28. The van der Waals surface area contributed by atoms with E-state index < -0.39 is 0 Å². The van der Waals surface area contributed by atoms with Crippen molar-refractivity contribution in [1.29, 1.82) is 0 Å². The van der Waals surface area contributed by atoms with E-state index in [-0.39, 0.29) is 5.78 Å². The van der Waals surface area contributed by atoms with Crippen LogP contribution in [0, 0.1) is 6.92 Å². The van der Waals surface area contributed by atoms with Gasteiger partial charge in [0.25, 0.3) is 0 Å². The Bertz CT molecular complexity index is 605. The number of carbonyl (C=O) groups excluding carboxylic acids is 1. The van der Waals surface area contributed by atoms with Crippen molar-refractivity contribution in [3.8, 4) is 5.75 Å². The molecule has 19 heavy (non-hydrogen) atoms. The molecule has 0 fully saturated rings. The van der Waals surface area contributed by atoms with Crippen LogP contribution >= 0.6 is 15.9 Å². The van der Waals surface area contributed by atoms with Crippen molar-refractivity contribution < 1.29 is 9.53 Å². The van der Waals surface area contributed by atoms with Crippen LogP contribution < -0.4 is 4.74 Å². The second kappa shape index (κ2) is 6.02. The zero-order valence-electron chi connectivity index (χ0n) is 10.9. The van der Waals surface area contributed by atoms with E-state index in [4.69, 9.17) is 4.74 Å². The molecule has 2 nitrogen and oxygen atoms in total. The predicted molar refractivity (Wildman–Crippen MR) is 79.9 cm³/mol. The number of aryl methyl sites for hydroxylation is 1. The molecule has 0 atom stereocenters. The van der Waals surface area contributed by atoms with Gasteiger partial charge in [-0.15, -0.1) is 0 Å². The minimum absolute atomic E-state index is 0.0834. The summed E-state index contributed by atoms with van der Waals surface area (Å²) in [5.74, 6) is 0.774. The fraction of sp³-hybridized carbons (Fsp3) is 0.188. The normalized spacial score (nSPS) is 10.3. The first-order valence-corrected chi connectivity index (χ1v) is 6.82. The molecule has 2 aromatic carbocycles. The molecule has 0 unspecified atom stereocenters. The van der Waals surface area contributed by atoms with Gasteiger partial charge in [0.1, 0.15) is 5.75 Å². The molecular weight excluding hydrogens is 304 g/mol. The van der Waals surface area contributed by atoms with Crippen LogP contribution in [0.2, 0.25) is 0 Å². The minimum Gasteiger partial charge on any atom is -0.497 e. The van der Waals surface area contributed by atoms with Gasteiger partial charge in [-0.05, 0) is 36.2 Å². The van der Waals surface area contributed by atoms with Crippen molar-refractivity contribution in [3.63, 3.8) is 0 Å². The van der Waals surface area contributed by atoms with Crippen LogP contribution in [0.25, 0.3) is 0 Å². The summed E-state index contributed by atoms with van der Waals surface area (Å²) in [4.78, 5) is 12.4. The third kappa shape index (κ3) is 3.24. The number of hydrogen-bond acceptors (Lipinski definition) is 2. The number of Topliss-reactive ketones (excluding diaryl/α,β-unsaturated/α-hetero) is 1. The lowest BCUT2D eigenvalue weighted by molar-refractivity contribution is 0.0991. The van der Waals surface area contributed by atoms with Crippen molar-refractivity contribution in [2.45, 2.75) is 13.3 Å². The Morgan fingerprint density at radius 1 is 1.21 bits per heavy atom. The lowest BCUT2D eigenvalue weighted by Crippen LogP contribution is -2.06. The first-order valence-electron chi connectivity index (χ1n) is 6.03. The van der Waals surface area contributed by atoms with Gasteiger partial charge in [0.05, 0.1) is 7.11 Å². The van der Waals surface area contributed by atoms with Gasteiger partial charge < -0.3 is 4.74 Å². The fourth-order valence-electron chi connectivity index (χ4n) is 1.92. The lowest BCUT2D eigenvalue weighted by atomic mass is 9.99. The zero-order chi connectivity index (χ0) is 13.8. The molecule has 0 heterocycles. The molecule has 0 saturated heterocycles. The Morgan fingerprint density at radius 2 is 1.95 bits per heavy atom. The minimum atomic E-state index is 0.0834. The second-order valence-electron chi connectivity index (χ2n) is 4.37. The molecule has 3 heteroatoms. The van der Waals surface area contributed by atoms with E-state index in [1.165, 1.54) is 0 Å². The molecule has 0 N–H and O–H groups in total. The van der Waals surface area contributed by atoms with Gasteiger partial charge in [0.2, 0.25) is 0 Å². The molecule has 0 aromatic heterocycles. The number of ketones is 1. The number of benzene rings is 2. The van der Waals surface area contributed by atoms with Gasteiger partial charge >= 0.3 is 0 Å². The molecular formula is C16H15BrO2. The first-order chi connectivity index (χ1) is 9.11. The topological polar surface area (TPSA) is 26.3 Å². The summed E-state index contributed by atoms with van der Waals surface area (Å²) < 4.78 is 5.96. The number of ether oxygens (including phenoxy) is 1. The maximum Gasteiger partial charge on any atom is 0.168 e. The number of carbonyl (C=O) groups is 1. The highest BCUT2D eigenvalue weighted by Gasteiger charge is 2.13. The van der Waals surface area contributed by atoms with Gasteiger partial charge in [-0.25, -0.2) is 0 Å². The Labute approximate surface area is 121 Å². The van der Waals surface area contributed by atoms with E-state index in [9.17, 15) is 4.79 Å². The van der Waals surface area contributed by atoms with E-state index in [1.807, 2.05) is 43.3 Å². The molecule has 0 radical (unpaired) electrons. The average molecular weight is 319 g/mol. The van der Waals surface area contributed by atoms with E-state index in [0.717, 1.165) is 15.6 Å². The van der Waals surface area contributed by atoms with Crippen LogP contribution in [-0.2, 0) is 6.42 Å². The smallest absolute Gasteiger partial charge is 0.168 e. The highest BCUT2D eigenvalue weighted by Crippen LogP contribution is 2.24. The summed E-state index contributed by atoms with van der Waals surface area (Å²) in [5.41, 5.74) is 2.85. The highest BCUT2D eigenvalue weighted by molar-refractivity contribution is 9.10. The van der Waals surface area contributed by atoms with E-state index >= 15 is 0 Å². The molecule has 0 bridgehead atoms. The average Bonchev–Trinajstić information content (AvgIpc) is 2.42. The quantitative estimate of drug-likeness (QED) is 0.790. The molecule has 0 aliphatic heterocycles. The van der Waals surface area contributed by atoms with Gasteiger partial charge in [0, 0.05) is 16.5 Å². The third-order valence-corrected chi connectivity index (χ3v) is 3.78. The van der Waals surface area contributed by atoms with Crippen molar-refractivity contribution >= 4 is 21.7 Å². The van der Waals surface area contributed by atoms with Gasteiger partial charge in [-0.3, -0.25) is 4.79 Å². The largest absolute Gasteiger partial charge is 0.497 e. The van der Waals surface area contributed by atoms with Crippen LogP contribution in [0.1, 0.15) is 21.5 Å². The molecule has 2 rings (SSSR count). The zero-order valence-corrected chi connectivity index (χ0v) is 12.5. The van der Waals surface area contributed by atoms with E-state index in [2.05, 4.69) is 15.9 Å². The summed E-state index contributed by atoms with van der Waals surface area (Å²) in [6, 6.07) is 13.4. The van der Waals surface area contributed by atoms with E-state index in [0.29, 0.717) is 17.7 Å². The molecule has 0 aliphatic rings. The fourth-order valence-corrected chi connectivity index (χ4v) is 2.39. The lowest BCUT2D eigenvalue weighted by Gasteiger charge is -2.08. The van der Waals surface area contributed by atoms with Crippen LogP contribution in [0.3, 0.4) is 0 Å². The summed E-state index contributed by atoms with van der Waals surface area (Å²) in [5, 5.41) is 0. The molecule has 0 saturated carbocycles. The van der Waals surface area contributed by atoms with Gasteiger partial charge in [-0.2, -0.15) is 0 Å². The molecule has 0 amide bonds. The van der Waals surface area contributed by atoms with Crippen LogP contribution in [-0.4, -0.2) is 12.9 Å². The van der Waals surface area contributed by atoms with Crippen molar-refractivity contribution in [2.24, 2.45) is 0 Å². The van der Waals surface area contributed by atoms with Crippen LogP contribution in [0.5, 0.6) is 5.75 Å². The summed E-state index contributed by atoms with van der Waals surface area (Å²) in [6.45, 7) is 2.02. The Hall–Kier alpha value is -1.61. The number of hydrogen-bond donors (Lipinski definition) is 0. The monoisotopic (exact) mass is 318 g/mol. The van der Waals surface area contributed by atoms with Crippen LogP contribution in [0.4, 0.5) is 0 Å². The van der Waals surface area contributed by atoms with Crippen molar-refractivity contribution in [3.05, 3.63) is 63.6 Å². The molecule has 0 aliphatic carbocycles. The Kier molecular flexibility index (Phi) is 4.38. The third-order valence-electron chi connectivity index (χ3n) is 3.09. The van der Waals surface area contributed by atoms with Gasteiger partial charge in [-0.1, -0.05) is 40.2 Å². The maximum absolute atomic E-state index is 12.4. The summed E-state index contributed by atoms with van der Waals surface area (Å²) in [7, 11) is 1.60. The maximum atomic E-state index is 12.4. The van der Waals surface area contributed by atoms with Crippen LogP contribution in [0.15, 0.2) is 46.9 Å². The van der Waals surface area contributed by atoms with Crippen molar-refractivity contribution in [2.75, 3.05) is 7.11 Å². The standard InChI is InChI=1S/C16H15BrO2/c1-11-5-3-4-6-12(11)9-16(18)14-10-13(19-2)7-8-15(14)17/h3-8,10H,9H2,1-2H3. The number of rotatable bonds is 4. The Morgan fingerprint density at radius 3 is 2.63 bits per heavy atom. The second-order valence-corrected chi connectivity index (χ2v) is 5.23. The molecule has 0 spiro atoms.